The van der Waals surface area contributed by atoms with E-state index in [2.05, 4.69) is 9.88 Å². The normalized spacial score (nSPS) is 22.7. The summed E-state index contributed by atoms with van der Waals surface area (Å²) in [4.78, 5) is 7.01. The minimum absolute atomic E-state index is 0.148. The van der Waals surface area contributed by atoms with E-state index in [-0.39, 0.29) is 18.3 Å². The van der Waals surface area contributed by atoms with E-state index in [9.17, 15) is 13.5 Å². The second kappa shape index (κ2) is 5.60. The minimum atomic E-state index is -3.20. The summed E-state index contributed by atoms with van der Waals surface area (Å²) in [5.41, 5.74) is 9.32. The quantitative estimate of drug-likeness (QED) is 0.851. The van der Waals surface area contributed by atoms with Gasteiger partial charge >= 0.3 is 0 Å². The SMILES string of the molecule is Nc1cnc2ccc3c(c2c1N1CCCC(CO)C1)CCS3(=O)=O. The maximum absolute atomic E-state index is 12.3. The Hall–Kier alpha value is -1.86. The van der Waals surface area contributed by atoms with E-state index in [1.807, 2.05) is 0 Å². The zero-order chi connectivity index (χ0) is 16.9. The molecular weight excluding hydrogens is 326 g/mol. The molecule has 2 aromatic rings. The first kappa shape index (κ1) is 15.7. The summed E-state index contributed by atoms with van der Waals surface area (Å²) < 4.78 is 24.5. The molecule has 24 heavy (non-hydrogen) atoms. The number of fused-ring (bicyclic) bond motifs is 3. The van der Waals surface area contributed by atoms with Crippen molar-refractivity contribution in [3.63, 3.8) is 0 Å². The summed E-state index contributed by atoms with van der Waals surface area (Å²) in [6.45, 7) is 1.75. The summed E-state index contributed by atoms with van der Waals surface area (Å²) in [6.07, 6.45) is 4.14. The Kier molecular flexibility index (Phi) is 3.65. The first-order valence-electron chi connectivity index (χ1n) is 8.30. The number of sulfone groups is 1. The van der Waals surface area contributed by atoms with Gasteiger partial charge in [-0.15, -0.1) is 0 Å². The van der Waals surface area contributed by atoms with E-state index in [4.69, 9.17) is 5.73 Å². The molecule has 1 fully saturated rings. The number of hydrogen-bond donors (Lipinski definition) is 2. The molecule has 0 aliphatic carbocycles. The van der Waals surface area contributed by atoms with Gasteiger partial charge < -0.3 is 15.7 Å². The fourth-order valence-corrected chi connectivity index (χ4v) is 5.52. The summed E-state index contributed by atoms with van der Waals surface area (Å²) >= 11 is 0. The fourth-order valence-electron chi connectivity index (χ4n) is 3.98. The van der Waals surface area contributed by atoms with E-state index >= 15 is 0 Å². The number of aliphatic hydroxyl groups is 1. The van der Waals surface area contributed by atoms with Gasteiger partial charge in [-0.3, -0.25) is 4.98 Å². The molecule has 0 spiro atoms. The van der Waals surface area contributed by atoms with Crippen LogP contribution in [0.15, 0.2) is 23.2 Å². The lowest BCUT2D eigenvalue weighted by molar-refractivity contribution is 0.209. The Morgan fingerprint density at radius 1 is 1.38 bits per heavy atom. The number of aromatic nitrogens is 1. The van der Waals surface area contributed by atoms with Crippen molar-refractivity contribution in [1.82, 2.24) is 4.98 Å². The molecule has 0 amide bonds. The van der Waals surface area contributed by atoms with Crippen LogP contribution in [0.25, 0.3) is 10.9 Å². The Balaban J connectivity index is 1.95. The second-order valence-corrected chi connectivity index (χ2v) is 8.78. The number of pyridine rings is 1. The smallest absolute Gasteiger partial charge is 0.179 e. The van der Waals surface area contributed by atoms with Crippen LogP contribution in [0.3, 0.4) is 0 Å². The van der Waals surface area contributed by atoms with Crippen LogP contribution in [-0.4, -0.2) is 44.0 Å². The highest BCUT2D eigenvalue weighted by Crippen LogP contribution is 2.40. The van der Waals surface area contributed by atoms with Gasteiger partial charge in [-0.2, -0.15) is 0 Å². The van der Waals surface area contributed by atoms with Gasteiger partial charge in [0.1, 0.15) is 0 Å². The minimum Gasteiger partial charge on any atom is -0.396 e. The fraction of sp³-hybridized carbons (Fsp3) is 0.471. The second-order valence-electron chi connectivity index (χ2n) is 6.70. The van der Waals surface area contributed by atoms with Crippen LogP contribution in [0.5, 0.6) is 0 Å². The number of aliphatic hydroxyl groups excluding tert-OH is 1. The Bertz CT molecular complexity index is 911. The number of benzene rings is 1. The highest BCUT2D eigenvalue weighted by Gasteiger charge is 2.31. The summed E-state index contributed by atoms with van der Waals surface area (Å²) in [5.74, 6) is 0.372. The van der Waals surface area contributed by atoms with Crippen LogP contribution in [0.1, 0.15) is 18.4 Å². The highest BCUT2D eigenvalue weighted by atomic mass is 32.2. The number of nitrogens with zero attached hydrogens (tertiary/aromatic N) is 2. The van der Waals surface area contributed by atoms with Crippen LogP contribution in [-0.2, 0) is 16.3 Å². The van der Waals surface area contributed by atoms with Gasteiger partial charge in [0.2, 0.25) is 0 Å². The lowest BCUT2D eigenvalue weighted by Gasteiger charge is -2.35. The first-order chi connectivity index (χ1) is 11.5. The molecule has 1 atom stereocenters. The predicted molar refractivity (Wildman–Crippen MR) is 93.9 cm³/mol. The number of anilines is 2. The van der Waals surface area contributed by atoms with Crippen molar-refractivity contribution >= 4 is 32.1 Å². The first-order valence-corrected chi connectivity index (χ1v) is 9.95. The molecule has 3 N–H and O–H groups in total. The topological polar surface area (TPSA) is 96.5 Å². The molecule has 1 unspecified atom stereocenters. The molecule has 128 valence electrons. The van der Waals surface area contributed by atoms with Crippen molar-refractivity contribution in [2.45, 2.75) is 24.2 Å². The lowest BCUT2D eigenvalue weighted by atomic mass is 9.96. The summed E-state index contributed by atoms with van der Waals surface area (Å²) in [6, 6.07) is 3.44. The van der Waals surface area contributed by atoms with Crippen molar-refractivity contribution in [2.75, 3.05) is 36.1 Å². The standard InChI is InChI=1S/C17H21N3O3S/c18-13-8-19-14-3-4-15-12(5-7-24(15,22)23)16(14)17(13)20-6-1-2-11(9-20)10-21/h3-4,8,11,21H,1-2,5-7,9-10,18H2. The maximum Gasteiger partial charge on any atom is 0.179 e. The van der Waals surface area contributed by atoms with Crippen molar-refractivity contribution < 1.29 is 13.5 Å². The zero-order valence-electron chi connectivity index (χ0n) is 13.4. The third-order valence-electron chi connectivity index (χ3n) is 5.15. The van der Waals surface area contributed by atoms with Crippen LogP contribution in [0.2, 0.25) is 0 Å². The summed E-state index contributed by atoms with van der Waals surface area (Å²) in [5, 5.41) is 10.4. The van der Waals surface area contributed by atoms with Crippen LogP contribution in [0, 0.1) is 5.92 Å². The lowest BCUT2D eigenvalue weighted by Crippen LogP contribution is -2.37. The highest BCUT2D eigenvalue weighted by molar-refractivity contribution is 7.91. The molecule has 1 aromatic carbocycles. The molecule has 2 aliphatic rings. The molecule has 3 heterocycles. The van der Waals surface area contributed by atoms with Gasteiger partial charge in [0.05, 0.1) is 33.7 Å². The van der Waals surface area contributed by atoms with Crippen molar-refractivity contribution in [3.05, 3.63) is 23.9 Å². The molecule has 0 saturated carbocycles. The summed E-state index contributed by atoms with van der Waals surface area (Å²) in [7, 11) is -3.20. The van der Waals surface area contributed by atoms with Crippen LogP contribution >= 0.6 is 0 Å². The third kappa shape index (κ3) is 2.34. The number of nitrogen functional groups attached to an aromatic ring is 1. The molecule has 0 radical (unpaired) electrons. The van der Waals surface area contributed by atoms with Gasteiger partial charge in [0.25, 0.3) is 0 Å². The number of piperidine rings is 1. The number of nitrogens with two attached hydrogens (primary N) is 1. The Labute approximate surface area is 141 Å². The van der Waals surface area contributed by atoms with Gasteiger partial charge in [0, 0.05) is 25.1 Å². The Morgan fingerprint density at radius 3 is 3.00 bits per heavy atom. The molecule has 1 saturated heterocycles. The van der Waals surface area contributed by atoms with E-state index in [0.29, 0.717) is 17.0 Å². The Morgan fingerprint density at radius 2 is 2.21 bits per heavy atom. The van der Waals surface area contributed by atoms with E-state index < -0.39 is 9.84 Å². The van der Waals surface area contributed by atoms with Crippen molar-refractivity contribution in [1.29, 1.82) is 0 Å². The van der Waals surface area contributed by atoms with Gasteiger partial charge in [-0.05, 0) is 42.9 Å². The van der Waals surface area contributed by atoms with Gasteiger partial charge in [-0.25, -0.2) is 8.42 Å². The van der Waals surface area contributed by atoms with Crippen molar-refractivity contribution in [3.8, 4) is 0 Å². The number of hydrogen-bond acceptors (Lipinski definition) is 6. The van der Waals surface area contributed by atoms with E-state index in [1.165, 1.54) is 0 Å². The number of aryl methyl sites for hydroxylation is 1. The average molecular weight is 347 g/mol. The van der Waals surface area contributed by atoms with E-state index in [1.54, 1.807) is 18.3 Å². The predicted octanol–water partition coefficient (Wildman–Crippen LogP) is 1.36. The maximum atomic E-state index is 12.3. The molecule has 1 aromatic heterocycles. The molecule has 0 bridgehead atoms. The van der Waals surface area contributed by atoms with Crippen LogP contribution in [0.4, 0.5) is 11.4 Å². The largest absolute Gasteiger partial charge is 0.396 e. The molecule has 4 rings (SSSR count). The molecule has 2 aliphatic heterocycles. The molecule has 6 nitrogen and oxygen atoms in total. The van der Waals surface area contributed by atoms with E-state index in [0.717, 1.165) is 48.1 Å². The third-order valence-corrected chi connectivity index (χ3v) is 6.94. The molecule has 7 heteroatoms. The molecular formula is C17H21N3O3S. The van der Waals surface area contributed by atoms with Gasteiger partial charge in [-0.1, -0.05) is 0 Å². The van der Waals surface area contributed by atoms with Crippen LogP contribution < -0.4 is 10.6 Å². The van der Waals surface area contributed by atoms with Gasteiger partial charge in [0.15, 0.2) is 9.84 Å². The number of rotatable bonds is 2. The average Bonchev–Trinajstić information content (AvgIpc) is 2.90. The van der Waals surface area contributed by atoms with Crippen molar-refractivity contribution in [2.24, 2.45) is 5.92 Å². The monoisotopic (exact) mass is 347 g/mol. The zero-order valence-corrected chi connectivity index (χ0v) is 14.2.